The molecule has 0 saturated heterocycles. The molecule has 0 aromatic heterocycles. The second-order valence-corrected chi connectivity index (χ2v) is 2.57. The molecule has 0 aromatic rings. The minimum absolute atomic E-state index is 0.126. The Morgan fingerprint density at radius 3 is 3.06 bits per heavy atom. The zero-order valence-corrected chi connectivity index (χ0v) is 8.35. The van der Waals surface area contributed by atoms with Gasteiger partial charge < -0.3 is 9.57 Å². The number of allylic oxidation sites excluding steroid dienone is 2. The molecule has 0 fully saturated rings. The standard InChI is InChI=1S/C9H8N2O5/c1-10-16-9(12)15-6-7-4-2-3-5-8(7)11(13)14/h3,5,10H,6H2,1H3. The van der Waals surface area contributed by atoms with Crippen LogP contribution in [0.2, 0.25) is 0 Å². The van der Waals surface area contributed by atoms with Crippen LogP contribution in [0.5, 0.6) is 0 Å². The topological polar surface area (TPSA) is 90.7 Å². The van der Waals surface area contributed by atoms with E-state index in [0.29, 0.717) is 0 Å². The molecule has 1 aliphatic carbocycles. The quantitative estimate of drug-likeness (QED) is 0.327. The van der Waals surface area contributed by atoms with Crippen molar-refractivity contribution < 1.29 is 19.3 Å². The Morgan fingerprint density at radius 1 is 1.69 bits per heavy atom. The van der Waals surface area contributed by atoms with Gasteiger partial charge in [0.2, 0.25) is 0 Å². The maximum atomic E-state index is 10.8. The molecule has 0 spiro atoms. The summed E-state index contributed by atoms with van der Waals surface area (Å²) >= 11 is 0. The average Bonchev–Trinajstić information content (AvgIpc) is 2.27. The van der Waals surface area contributed by atoms with E-state index in [2.05, 4.69) is 26.5 Å². The van der Waals surface area contributed by atoms with Crippen molar-refractivity contribution in [3.63, 3.8) is 0 Å². The molecule has 0 atom stereocenters. The largest absolute Gasteiger partial charge is 0.528 e. The van der Waals surface area contributed by atoms with Crippen molar-refractivity contribution in [2.24, 2.45) is 0 Å². The van der Waals surface area contributed by atoms with Crippen LogP contribution in [0.3, 0.4) is 0 Å². The summed E-state index contributed by atoms with van der Waals surface area (Å²) in [4.78, 5) is 25.0. The summed E-state index contributed by atoms with van der Waals surface area (Å²) in [6.07, 6.45) is 1.63. The second-order valence-electron chi connectivity index (χ2n) is 2.57. The number of hydrogen-bond donors (Lipinski definition) is 1. The van der Waals surface area contributed by atoms with Crippen LogP contribution in [0.25, 0.3) is 0 Å². The number of rotatable bonds is 4. The van der Waals surface area contributed by atoms with E-state index in [4.69, 9.17) is 0 Å². The van der Waals surface area contributed by atoms with Crippen molar-refractivity contribution >= 4 is 6.16 Å². The molecule has 0 aromatic carbocycles. The monoisotopic (exact) mass is 224 g/mol. The molecule has 0 amide bonds. The van der Waals surface area contributed by atoms with Crippen molar-refractivity contribution in [3.05, 3.63) is 45.0 Å². The number of nitro groups is 1. The number of nitrogens with zero attached hydrogens (tertiary/aromatic N) is 1. The number of hydrogen-bond acceptors (Lipinski definition) is 6. The lowest BCUT2D eigenvalue weighted by Gasteiger charge is -2.05. The van der Waals surface area contributed by atoms with E-state index in [1.807, 2.05) is 0 Å². The molecule has 0 radical (unpaired) electrons. The summed E-state index contributed by atoms with van der Waals surface area (Å²) in [7, 11) is 1.38. The highest BCUT2D eigenvalue weighted by Crippen LogP contribution is 2.12. The Labute approximate surface area is 90.4 Å². The molecule has 1 aliphatic rings. The molecule has 7 nitrogen and oxygen atoms in total. The number of carbonyl (C=O) groups excluding carboxylic acids is 1. The fourth-order valence-corrected chi connectivity index (χ4v) is 0.939. The van der Waals surface area contributed by atoms with Crippen LogP contribution >= 0.6 is 0 Å². The van der Waals surface area contributed by atoms with E-state index in [9.17, 15) is 14.9 Å². The predicted octanol–water partition coefficient (Wildman–Crippen LogP) is 0.685. The SMILES string of the molecule is CNOC(=O)OCC1=C=C=CC=C1[N+](=O)[O-]. The minimum atomic E-state index is -0.978. The highest BCUT2D eigenvalue weighted by molar-refractivity contribution is 5.59. The van der Waals surface area contributed by atoms with Crippen molar-refractivity contribution in [3.8, 4) is 0 Å². The van der Waals surface area contributed by atoms with Gasteiger partial charge in [0, 0.05) is 13.1 Å². The number of hydroxylamine groups is 1. The number of ether oxygens (including phenoxy) is 1. The lowest BCUT2D eigenvalue weighted by molar-refractivity contribution is -0.421. The number of carbonyl (C=O) groups is 1. The van der Waals surface area contributed by atoms with Gasteiger partial charge in [-0.3, -0.25) is 10.1 Å². The van der Waals surface area contributed by atoms with E-state index in [1.165, 1.54) is 19.2 Å². The van der Waals surface area contributed by atoms with Gasteiger partial charge in [-0.1, -0.05) is 11.5 Å². The van der Waals surface area contributed by atoms with E-state index < -0.39 is 11.1 Å². The third kappa shape index (κ3) is 3.11. The summed E-state index contributed by atoms with van der Waals surface area (Å²) in [5, 5.41) is 10.6. The van der Waals surface area contributed by atoms with Gasteiger partial charge in [0.05, 0.1) is 4.92 Å². The lowest BCUT2D eigenvalue weighted by atomic mass is 10.2. The normalized spacial score (nSPS) is 12.8. The summed E-state index contributed by atoms with van der Waals surface area (Å²) in [6, 6.07) is 0. The van der Waals surface area contributed by atoms with Crippen molar-refractivity contribution in [1.29, 1.82) is 0 Å². The fraction of sp³-hybridized carbons (Fsp3) is 0.222. The average molecular weight is 224 g/mol. The molecule has 16 heavy (non-hydrogen) atoms. The zero-order chi connectivity index (χ0) is 12.0. The lowest BCUT2D eigenvalue weighted by Crippen LogP contribution is -2.18. The predicted molar refractivity (Wildman–Crippen MR) is 51.7 cm³/mol. The maximum absolute atomic E-state index is 10.8. The summed E-state index contributed by atoms with van der Waals surface area (Å²) < 4.78 is 4.58. The highest BCUT2D eigenvalue weighted by Gasteiger charge is 2.19. The maximum Gasteiger partial charge on any atom is 0.528 e. The van der Waals surface area contributed by atoms with Gasteiger partial charge in [0.15, 0.2) is 0 Å². The highest BCUT2D eigenvalue weighted by atomic mass is 16.8. The van der Waals surface area contributed by atoms with Crippen LogP contribution in [-0.4, -0.2) is 24.7 Å². The van der Waals surface area contributed by atoms with Gasteiger partial charge in [-0.2, -0.15) is 5.48 Å². The first kappa shape index (κ1) is 11.7. The third-order valence-electron chi connectivity index (χ3n) is 1.57. The van der Waals surface area contributed by atoms with Crippen LogP contribution < -0.4 is 5.48 Å². The van der Waals surface area contributed by atoms with Crippen molar-refractivity contribution in [1.82, 2.24) is 5.48 Å². The van der Waals surface area contributed by atoms with Crippen LogP contribution in [0, 0.1) is 10.1 Å². The first-order chi connectivity index (χ1) is 7.65. The van der Waals surface area contributed by atoms with E-state index in [-0.39, 0.29) is 17.9 Å². The van der Waals surface area contributed by atoms with E-state index >= 15 is 0 Å². The Hall–Kier alpha value is -2.33. The molecule has 0 bridgehead atoms. The molecule has 1 N–H and O–H groups in total. The molecule has 0 unspecified atom stereocenters. The Balaban J connectivity index is 2.63. The Kier molecular flexibility index (Phi) is 4.06. The van der Waals surface area contributed by atoms with Gasteiger partial charge >= 0.3 is 6.16 Å². The van der Waals surface area contributed by atoms with Gasteiger partial charge in [-0.05, 0) is 6.08 Å². The fourth-order valence-electron chi connectivity index (χ4n) is 0.939. The van der Waals surface area contributed by atoms with Gasteiger partial charge in [-0.25, -0.2) is 4.79 Å². The number of nitrogens with one attached hydrogen (secondary N) is 1. The summed E-state index contributed by atoms with van der Waals surface area (Å²) in [5.41, 5.74) is 7.09. The Bertz CT molecular complexity index is 439. The van der Waals surface area contributed by atoms with Gasteiger partial charge in [-0.15, -0.1) is 0 Å². The second kappa shape index (κ2) is 5.53. The smallest absolute Gasteiger partial charge is 0.427 e. The molecule has 0 saturated carbocycles. The molecule has 1 rings (SSSR count). The molecule has 0 aliphatic heterocycles. The van der Waals surface area contributed by atoms with Crippen LogP contribution in [0.15, 0.2) is 34.9 Å². The van der Waals surface area contributed by atoms with Crippen LogP contribution in [0.1, 0.15) is 0 Å². The van der Waals surface area contributed by atoms with E-state index in [1.54, 1.807) is 0 Å². The molecular formula is C9H8N2O5. The molecular weight excluding hydrogens is 216 g/mol. The van der Waals surface area contributed by atoms with Gasteiger partial charge in [0.25, 0.3) is 5.70 Å². The van der Waals surface area contributed by atoms with Gasteiger partial charge in [0.1, 0.15) is 12.2 Å². The van der Waals surface area contributed by atoms with Crippen LogP contribution in [0.4, 0.5) is 4.79 Å². The van der Waals surface area contributed by atoms with Crippen molar-refractivity contribution in [2.45, 2.75) is 0 Å². The minimum Gasteiger partial charge on any atom is -0.427 e. The van der Waals surface area contributed by atoms with E-state index in [0.717, 1.165) is 0 Å². The first-order valence-electron chi connectivity index (χ1n) is 4.21. The summed E-state index contributed by atoms with van der Waals surface area (Å²) in [6.45, 7) is -0.297. The van der Waals surface area contributed by atoms with Crippen molar-refractivity contribution in [2.75, 3.05) is 13.7 Å². The summed E-state index contributed by atoms with van der Waals surface area (Å²) in [5.74, 6) is 0. The third-order valence-corrected chi connectivity index (χ3v) is 1.57. The molecule has 84 valence electrons. The zero-order valence-electron chi connectivity index (χ0n) is 8.35. The molecule has 0 heterocycles. The van der Waals surface area contributed by atoms with Crippen LogP contribution in [-0.2, 0) is 9.57 Å². The Morgan fingerprint density at radius 2 is 2.44 bits per heavy atom. The first-order valence-corrected chi connectivity index (χ1v) is 4.21. The molecule has 7 heteroatoms.